The SMILES string of the molecule is O=C(CCOc1ccccc1)Nc1ccc2ocnc2c1. The number of anilines is 1. The van der Waals surface area contributed by atoms with E-state index in [2.05, 4.69) is 10.3 Å². The first-order valence-corrected chi connectivity index (χ1v) is 6.62. The lowest BCUT2D eigenvalue weighted by molar-refractivity contribution is -0.116. The Balaban J connectivity index is 1.51. The number of carbonyl (C=O) groups is 1. The Morgan fingerprint density at radius 2 is 2.05 bits per heavy atom. The Kier molecular flexibility index (Phi) is 3.82. The average Bonchev–Trinajstić information content (AvgIpc) is 2.96. The number of para-hydroxylation sites is 1. The number of benzene rings is 2. The number of aromatic nitrogens is 1. The molecule has 2 aromatic carbocycles. The lowest BCUT2D eigenvalue weighted by atomic mass is 10.2. The number of fused-ring (bicyclic) bond motifs is 1. The molecule has 1 heterocycles. The number of oxazole rings is 1. The predicted octanol–water partition coefficient (Wildman–Crippen LogP) is 3.24. The molecule has 3 rings (SSSR count). The Labute approximate surface area is 121 Å². The number of rotatable bonds is 5. The highest BCUT2D eigenvalue weighted by Crippen LogP contribution is 2.17. The highest BCUT2D eigenvalue weighted by atomic mass is 16.5. The fourth-order valence-electron chi connectivity index (χ4n) is 1.94. The molecule has 5 nitrogen and oxygen atoms in total. The van der Waals surface area contributed by atoms with E-state index in [1.54, 1.807) is 18.2 Å². The van der Waals surface area contributed by atoms with Crippen LogP contribution < -0.4 is 10.1 Å². The van der Waals surface area contributed by atoms with Gasteiger partial charge < -0.3 is 14.5 Å². The average molecular weight is 282 g/mol. The summed E-state index contributed by atoms with van der Waals surface area (Å²) in [4.78, 5) is 15.9. The van der Waals surface area contributed by atoms with Crippen LogP contribution in [0.2, 0.25) is 0 Å². The van der Waals surface area contributed by atoms with Gasteiger partial charge in [0.25, 0.3) is 0 Å². The van der Waals surface area contributed by atoms with Crippen molar-refractivity contribution >= 4 is 22.7 Å². The molecule has 0 radical (unpaired) electrons. The van der Waals surface area contributed by atoms with Crippen LogP contribution in [0.25, 0.3) is 11.1 Å². The van der Waals surface area contributed by atoms with Crippen molar-refractivity contribution in [3.63, 3.8) is 0 Å². The summed E-state index contributed by atoms with van der Waals surface area (Å²) in [5, 5.41) is 2.81. The first-order valence-electron chi connectivity index (χ1n) is 6.62. The Morgan fingerprint density at radius 3 is 2.90 bits per heavy atom. The van der Waals surface area contributed by atoms with Gasteiger partial charge in [0, 0.05) is 5.69 Å². The third-order valence-corrected chi connectivity index (χ3v) is 2.96. The maximum absolute atomic E-state index is 11.8. The third-order valence-electron chi connectivity index (χ3n) is 2.96. The summed E-state index contributed by atoms with van der Waals surface area (Å²) in [5.41, 5.74) is 2.11. The Morgan fingerprint density at radius 1 is 1.19 bits per heavy atom. The topological polar surface area (TPSA) is 64.4 Å². The van der Waals surface area contributed by atoms with E-state index < -0.39 is 0 Å². The van der Waals surface area contributed by atoms with Crippen LogP contribution in [0.4, 0.5) is 5.69 Å². The van der Waals surface area contributed by atoms with Crippen molar-refractivity contribution in [1.82, 2.24) is 4.98 Å². The number of nitrogens with zero attached hydrogens (tertiary/aromatic N) is 1. The number of carbonyl (C=O) groups excluding carboxylic acids is 1. The van der Waals surface area contributed by atoms with E-state index in [-0.39, 0.29) is 12.3 Å². The zero-order valence-corrected chi connectivity index (χ0v) is 11.3. The molecule has 0 aliphatic carbocycles. The van der Waals surface area contributed by atoms with Gasteiger partial charge in [-0.1, -0.05) is 18.2 Å². The Hall–Kier alpha value is -2.82. The predicted molar refractivity (Wildman–Crippen MR) is 79.2 cm³/mol. The van der Waals surface area contributed by atoms with Crippen LogP contribution in [0.3, 0.4) is 0 Å². The maximum atomic E-state index is 11.8. The summed E-state index contributed by atoms with van der Waals surface area (Å²) in [6, 6.07) is 14.7. The summed E-state index contributed by atoms with van der Waals surface area (Å²) in [5.74, 6) is 0.656. The second-order valence-electron chi connectivity index (χ2n) is 4.49. The van der Waals surface area contributed by atoms with Crippen molar-refractivity contribution in [1.29, 1.82) is 0 Å². The van der Waals surface area contributed by atoms with Crippen LogP contribution >= 0.6 is 0 Å². The molecule has 0 aliphatic heterocycles. The van der Waals surface area contributed by atoms with Crippen LogP contribution in [0, 0.1) is 0 Å². The summed E-state index contributed by atoms with van der Waals surface area (Å²) >= 11 is 0. The number of amides is 1. The van der Waals surface area contributed by atoms with Gasteiger partial charge >= 0.3 is 0 Å². The molecule has 0 saturated carbocycles. The van der Waals surface area contributed by atoms with Crippen molar-refractivity contribution in [3.05, 3.63) is 54.9 Å². The van der Waals surface area contributed by atoms with Crippen LogP contribution in [0.1, 0.15) is 6.42 Å². The van der Waals surface area contributed by atoms with Gasteiger partial charge in [0.15, 0.2) is 12.0 Å². The molecule has 3 aromatic rings. The number of hydrogen-bond acceptors (Lipinski definition) is 4. The second kappa shape index (κ2) is 6.09. The van der Waals surface area contributed by atoms with Gasteiger partial charge in [0.2, 0.25) is 5.91 Å². The molecule has 1 amide bonds. The fourth-order valence-corrected chi connectivity index (χ4v) is 1.94. The lowest BCUT2D eigenvalue weighted by Gasteiger charge is -2.07. The maximum Gasteiger partial charge on any atom is 0.227 e. The zero-order valence-electron chi connectivity index (χ0n) is 11.3. The minimum atomic E-state index is -0.103. The molecule has 21 heavy (non-hydrogen) atoms. The highest BCUT2D eigenvalue weighted by Gasteiger charge is 2.05. The standard InChI is InChI=1S/C16H14N2O3/c19-16(8-9-20-13-4-2-1-3-5-13)18-12-6-7-15-14(10-12)17-11-21-15/h1-7,10-11H,8-9H2,(H,18,19). The van der Waals surface area contributed by atoms with Crippen LogP contribution in [-0.4, -0.2) is 17.5 Å². The van der Waals surface area contributed by atoms with Gasteiger partial charge in [-0.25, -0.2) is 4.98 Å². The highest BCUT2D eigenvalue weighted by molar-refractivity contribution is 5.92. The molecular formula is C16H14N2O3. The molecule has 0 unspecified atom stereocenters. The van der Waals surface area contributed by atoms with Gasteiger partial charge in [-0.2, -0.15) is 0 Å². The normalized spacial score (nSPS) is 10.5. The largest absolute Gasteiger partial charge is 0.493 e. The molecule has 1 N–H and O–H groups in total. The van der Waals surface area contributed by atoms with Gasteiger partial charge in [-0.3, -0.25) is 4.79 Å². The quantitative estimate of drug-likeness (QED) is 0.780. The monoisotopic (exact) mass is 282 g/mol. The van der Waals surface area contributed by atoms with Gasteiger partial charge in [0.05, 0.1) is 13.0 Å². The van der Waals surface area contributed by atoms with Crippen molar-refractivity contribution in [3.8, 4) is 5.75 Å². The van der Waals surface area contributed by atoms with Crippen LogP contribution in [0.5, 0.6) is 5.75 Å². The van der Waals surface area contributed by atoms with E-state index >= 15 is 0 Å². The molecule has 0 atom stereocenters. The van der Waals surface area contributed by atoms with Crippen molar-refractivity contribution < 1.29 is 13.9 Å². The summed E-state index contributed by atoms with van der Waals surface area (Å²) in [6.07, 6.45) is 1.66. The second-order valence-corrected chi connectivity index (χ2v) is 4.49. The molecule has 0 fully saturated rings. The minimum absolute atomic E-state index is 0.103. The van der Waals surface area contributed by atoms with E-state index in [0.29, 0.717) is 23.4 Å². The molecule has 106 valence electrons. The molecule has 0 spiro atoms. The lowest BCUT2D eigenvalue weighted by Crippen LogP contribution is -2.15. The summed E-state index contributed by atoms with van der Waals surface area (Å²) in [6.45, 7) is 0.335. The first kappa shape index (κ1) is 13.2. The van der Waals surface area contributed by atoms with Crippen molar-refractivity contribution in [2.45, 2.75) is 6.42 Å². The smallest absolute Gasteiger partial charge is 0.227 e. The van der Waals surface area contributed by atoms with E-state index in [1.165, 1.54) is 6.39 Å². The molecule has 0 bridgehead atoms. The van der Waals surface area contributed by atoms with Crippen LogP contribution in [0.15, 0.2) is 59.3 Å². The van der Waals surface area contributed by atoms with Gasteiger partial charge in [-0.15, -0.1) is 0 Å². The van der Waals surface area contributed by atoms with Crippen molar-refractivity contribution in [2.24, 2.45) is 0 Å². The molecule has 5 heteroatoms. The first-order chi connectivity index (χ1) is 10.3. The van der Waals surface area contributed by atoms with E-state index in [1.807, 2.05) is 30.3 Å². The Bertz CT molecular complexity index is 737. The number of ether oxygens (including phenoxy) is 1. The molecule has 0 aliphatic rings. The number of hydrogen-bond donors (Lipinski definition) is 1. The van der Waals surface area contributed by atoms with Crippen LogP contribution in [-0.2, 0) is 4.79 Å². The minimum Gasteiger partial charge on any atom is -0.493 e. The van der Waals surface area contributed by atoms with E-state index in [4.69, 9.17) is 9.15 Å². The van der Waals surface area contributed by atoms with Gasteiger partial charge in [0.1, 0.15) is 11.3 Å². The third kappa shape index (κ3) is 3.39. The molecule has 1 aromatic heterocycles. The van der Waals surface area contributed by atoms with E-state index in [9.17, 15) is 4.79 Å². The summed E-state index contributed by atoms with van der Waals surface area (Å²) < 4.78 is 10.6. The van der Waals surface area contributed by atoms with Gasteiger partial charge in [-0.05, 0) is 30.3 Å². The number of nitrogens with one attached hydrogen (secondary N) is 1. The zero-order chi connectivity index (χ0) is 14.5. The summed E-state index contributed by atoms with van der Waals surface area (Å²) in [7, 11) is 0. The van der Waals surface area contributed by atoms with Crippen molar-refractivity contribution in [2.75, 3.05) is 11.9 Å². The molecular weight excluding hydrogens is 268 g/mol. The van der Waals surface area contributed by atoms with E-state index in [0.717, 1.165) is 5.75 Å². The fraction of sp³-hybridized carbons (Fsp3) is 0.125. The molecule has 0 saturated heterocycles.